The van der Waals surface area contributed by atoms with Gasteiger partial charge >= 0.3 is 5.97 Å². The number of carboxylic acids is 1. The number of rotatable bonds is 6. The molecule has 1 aromatic carbocycles. The minimum atomic E-state index is -3.81. The van der Waals surface area contributed by atoms with Crippen molar-refractivity contribution in [2.75, 3.05) is 0 Å². The summed E-state index contributed by atoms with van der Waals surface area (Å²) in [5.74, 6) is -1.26. The molecule has 106 valence electrons. The molecule has 0 saturated carbocycles. The van der Waals surface area contributed by atoms with E-state index >= 15 is 0 Å². The van der Waals surface area contributed by atoms with Crippen LogP contribution in [0.5, 0.6) is 0 Å². The molecule has 1 N–H and O–H groups in total. The zero-order chi connectivity index (χ0) is 14.7. The van der Waals surface area contributed by atoms with Crippen molar-refractivity contribution in [1.29, 1.82) is 0 Å². The first-order chi connectivity index (χ1) is 8.83. The molecule has 0 saturated heterocycles. The summed E-state index contributed by atoms with van der Waals surface area (Å²) < 4.78 is 23.6. The van der Waals surface area contributed by atoms with Gasteiger partial charge in [-0.15, -0.1) is 0 Å². The molecule has 0 amide bonds. The Morgan fingerprint density at radius 1 is 1.21 bits per heavy atom. The van der Waals surface area contributed by atoms with Gasteiger partial charge in [0.2, 0.25) is 0 Å². The second kappa shape index (κ2) is 5.74. The molecule has 0 heterocycles. The zero-order valence-corrected chi connectivity index (χ0v) is 12.3. The van der Waals surface area contributed by atoms with Crippen molar-refractivity contribution in [2.24, 2.45) is 0 Å². The fourth-order valence-electron chi connectivity index (χ4n) is 2.32. The maximum absolute atomic E-state index is 12.7. The Labute approximate surface area is 114 Å². The summed E-state index contributed by atoms with van der Waals surface area (Å²) in [5.41, 5.74) is 0.620. The van der Waals surface area contributed by atoms with Crippen molar-refractivity contribution in [2.45, 2.75) is 43.6 Å². The van der Waals surface area contributed by atoms with Crippen LogP contribution >= 0.6 is 0 Å². The van der Waals surface area contributed by atoms with E-state index in [0.717, 1.165) is 0 Å². The lowest BCUT2D eigenvalue weighted by molar-refractivity contribution is -0.140. The van der Waals surface area contributed by atoms with Gasteiger partial charge in [-0.3, -0.25) is 4.79 Å². The van der Waals surface area contributed by atoms with Crippen LogP contribution in [0.2, 0.25) is 0 Å². The normalized spacial score (nSPS) is 14.1. The molecule has 0 radical (unpaired) electrons. The first kappa shape index (κ1) is 15.7. The highest BCUT2D eigenvalue weighted by Gasteiger charge is 2.50. The van der Waals surface area contributed by atoms with Crippen LogP contribution in [0.25, 0.3) is 0 Å². The molecular formula is C14H20O4S. The maximum Gasteiger partial charge on any atom is 0.325 e. The lowest BCUT2D eigenvalue weighted by Crippen LogP contribution is -2.47. The van der Waals surface area contributed by atoms with Gasteiger partial charge in [-0.1, -0.05) is 44.2 Å². The largest absolute Gasteiger partial charge is 0.480 e. The maximum atomic E-state index is 12.7. The van der Waals surface area contributed by atoms with E-state index in [9.17, 15) is 18.3 Å². The molecule has 1 unspecified atom stereocenters. The lowest BCUT2D eigenvalue weighted by Gasteiger charge is -2.30. The minimum Gasteiger partial charge on any atom is -0.480 e. The summed E-state index contributed by atoms with van der Waals surface area (Å²) in [7, 11) is -3.81. The Morgan fingerprint density at radius 2 is 1.68 bits per heavy atom. The third kappa shape index (κ3) is 2.52. The van der Waals surface area contributed by atoms with Crippen LogP contribution in [0.4, 0.5) is 0 Å². The van der Waals surface area contributed by atoms with Crippen LogP contribution in [-0.4, -0.2) is 24.2 Å². The van der Waals surface area contributed by atoms with Crippen LogP contribution in [-0.2, 0) is 14.6 Å². The molecule has 0 aromatic heterocycles. The van der Waals surface area contributed by atoms with Gasteiger partial charge in [-0.2, -0.15) is 0 Å². The molecule has 19 heavy (non-hydrogen) atoms. The summed E-state index contributed by atoms with van der Waals surface area (Å²) in [6, 6.07) is 8.72. The highest BCUT2D eigenvalue weighted by molar-refractivity contribution is 7.93. The van der Waals surface area contributed by atoms with Crippen molar-refractivity contribution < 1.29 is 18.3 Å². The first-order valence-electron chi connectivity index (χ1n) is 6.35. The van der Waals surface area contributed by atoms with E-state index in [1.807, 2.05) is 0 Å². The number of aliphatic carboxylic acids is 1. The molecule has 1 rings (SSSR count). The van der Waals surface area contributed by atoms with Crippen molar-refractivity contribution in [1.82, 2.24) is 0 Å². The van der Waals surface area contributed by atoms with Crippen LogP contribution in [0.15, 0.2) is 30.3 Å². The van der Waals surface area contributed by atoms with Gasteiger partial charge in [-0.25, -0.2) is 8.42 Å². The number of carboxylic acid groups (broad SMARTS) is 1. The summed E-state index contributed by atoms with van der Waals surface area (Å²) in [6.07, 6.45) is 0.136. The van der Waals surface area contributed by atoms with E-state index in [4.69, 9.17) is 0 Å². The Morgan fingerprint density at radius 3 is 2.05 bits per heavy atom. The quantitative estimate of drug-likeness (QED) is 0.872. The Hall–Kier alpha value is -1.36. The van der Waals surface area contributed by atoms with Crippen molar-refractivity contribution in [3.63, 3.8) is 0 Å². The van der Waals surface area contributed by atoms with Gasteiger partial charge in [-0.05, 0) is 25.3 Å². The van der Waals surface area contributed by atoms with E-state index in [0.29, 0.717) is 5.56 Å². The predicted octanol–water partition coefficient (Wildman–Crippen LogP) is 2.81. The van der Waals surface area contributed by atoms with Crippen LogP contribution < -0.4 is 0 Å². The smallest absolute Gasteiger partial charge is 0.325 e. The van der Waals surface area contributed by atoms with Gasteiger partial charge in [0.1, 0.15) is 0 Å². The molecule has 1 aromatic rings. The SMILES string of the molecule is CCC(CC)(C(=O)O)S(=O)(=O)C(C)c1ccccc1. The molecule has 0 fully saturated rings. The first-order valence-corrected chi connectivity index (χ1v) is 7.90. The summed E-state index contributed by atoms with van der Waals surface area (Å²) >= 11 is 0. The molecule has 5 heteroatoms. The highest BCUT2D eigenvalue weighted by Crippen LogP contribution is 2.36. The van der Waals surface area contributed by atoms with Crippen molar-refractivity contribution >= 4 is 15.8 Å². The summed E-state index contributed by atoms with van der Waals surface area (Å²) in [4.78, 5) is 11.5. The summed E-state index contributed by atoms with van der Waals surface area (Å²) in [5, 5.41) is 8.55. The monoisotopic (exact) mass is 284 g/mol. The Bertz CT molecular complexity index is 530. The Kier molecular flexibility index (Phi) is 4.74. The van der Waals surface area contributed by atoms with Crippen LogP contribution in [0.3, 0.4) is 0 Å². The van der Waals surface area contributed by atoms with Crippen LogP contribution in [0, 0.1) is 0 Å². The third-order valence-corrected chi connectivity index (χ3v) is 6.86. The van der Waals surface area contributed by atoms with E-state index in [1.54, 1.807) is 51.1 Å². The van der Waals surface area contributed by atoms with Gasteiger partial charge in [0.25, 0.3) is 0 Å². The molecule has 1 atom stereocenters. The predicted molar refractivity (Wildman–Crippen MR) is 74.7 cm³/mol. The van der Waals surface area contributed by atoms with Crippen molar-refractivity contribution in [3.05, 3.63) is 35.9 Å². The zero-order valence-electron chi connectivity index (χ0n) is 11.5. The highest BCUT2D eigenvalue weighted by atomic mass is 32.2. The number of hydrogen-bond donors (Lipinski definition) is 1. The third-order valence-electron chi connectivity index (χ3n) is 3.81. The number of carbonyl (C=O) groups is 1. The lowest BCUT2D eigenvalue weighted by atomic mass is 10.0. The number of benzene rings is 1. The summed E-state index contributed by atoms with van der Waals surface area (Å²) in [6.45, 7) is 4.76. The second-order valence-electron chi connectivity index (χ2n) is 4.60. The molecule has 0 bridgehead atoms. The molecule has 0 aliphatic heterocycles. The standard InChI is InChI=1S/C14H20O4S/c1-4-14(5-2,13(15)16)19(17,18)11(3)12-9-7-6-8-10-12/h6-11H,4-5H2,1-3H3,(H,15,16). The molecule has 4 nitrogen and oxygen atoms in total. The molecular weight excluding hydrogens is 264 g/mol. The van der Waals surface area contributed by atoms with E-state index in [1.165, 1.54) is 0 Å². The van der Waals surface area contributed by atoms with Gasteiger partial charge in [0.05, 0.1) is 5.25 Å². The number of sulfone groups is 1. The second-order valence-corrected chi connectivity index (χ2v) is 7.18. The van der Waals surface area contributed by atoms with E-state index in [-0.39, 0.29) is 12.8 Å². The average molecular weight is 284 g/mol. The molecule has 0 aliphatic rings. The molecule has 0 aliphatic carbocycles. The topological polar surface area (TPSA) is 71.4 Å². The number of hydrogen-bond acceptors (Lipinski definition) is 3. The minimum absolute atomic E-state index is 0.0678. The Balaban J connectivity index is 3.34. The van der Waals surface area contributed by atoms with Crippen LogP contribution in [0.1, 0.15) is 44.4 Å². The fraction of sp³-hybridized carbons (Fsp3) is 0.500. The van der Waals surface area contributed by atoms with E-state index in [2.05, 4.69) is 0 Å². The van der Waals surface area contributed by atoms with Crippen molar-refractivity contribution in [3.8, 4) is 0 Å². The van der Waals surface area contributed by atoms with Gasteiger partial charge in [0, 0.05) is 0 Å². The molecule has 0 spiro atoms. The van der Waals surface area contributed by atoms with E-state index < -0.39 is 25.8 Å². The average Bonchev–Trinajstić information content (AvgIpc) is 2.40. The van der Waals surface area contributed by atoms with Gasteiger partial charge < -0.3 is 5.11 Å². The van der Waals surface area contributed by atoms with Gasteiger partial charge in [0.15, 0.2) is 14.6 Å². The fourth-order valence-corrected chi connectivity index (χ4v) is 4.56.